The van der Waals surface area contributed by atoms with Gasteiger partial charge in [-0.25, -0.2) is 4.39 Å². The van der Waals surface area contributed by atoms with Crippen LogP contribution in [0.2, 0.25) is 0 Å². The fourth-order valence-electron chi connectivity index (χ4n) is 3.99. The molecule has 29 heavy (non-hydrogen) atoms. The predicted octanol–water partition coefficient (Wildman–Crippen LogP) is 4.13. The van der Waals surface area contributed by atoms with Gasteiger partial charge >= 0.3 is 0 Å². The molecule has 0 saturated carbocycles. The maximum Gasteiger partial charge on any atom is 0.227 e. The second kappa shape index (κ2) is 7.81. The van der Waals surface area contributed by atoms with Crippen LogP contribution in [-0.2, 0) is 18.3 Å². The molecule has 1 saturated heterocycles. The Morgan fingerprint density at radius 2 is 2.00 bits per heavy atom. The summed E-state index contributed by atoms with van der Waals surface area (Å²) in [5.41, 5.74) is 4.38. The molecule has 1 fully saturated rings. The van der Waals surface area contributed by atoms with Gasteiger partial charge in [-0.15, -0.1) is 0 Å². The summed E-state index contributed by atoms with van der Waals surface area (Å²) in [6, 6.07) is 6.00. The van der Waals surface area contributed by atoms with Crippen LogP contribution in [0.1, 0.15) is 47.8 Å². The van der Waals surface area contributed by atoms with E-state index < -0.39 is 0 Å². The van der Waals surface area contributed by atoms with Crippen LogP contribution in [-0.4, -0.2) is 32.3 Å². The fraction of sp³-hybridized carbons (Fsp3) is 0.409. The number of piperidine rings is 1. The lowest BCUT2D eigenvalue weighted by atomic mass is 9.94. The third-order valence-corrected chi connectivity index (χ3v) is 5.67. The highest BCUT2D eigenvalue weighted by Gasteiger charge is 2.33. The number of halogens is 1. The van der Waals surface area contributed by atoms with Crippen LogP contribution < -0.4 is 0 Å². The summed E-state index contributed by atoms with van der Waals surface area (Å²) in [7, 11) is 1.87. The summed E-state index contributed by atoms with van der Waals surface area (Å²) in [6.07, 6.45) is 5.04. The number of rotatable bonds is 4. The van der Waals surface area contributed by atoms with Gasteiger partial charge in [0.25, 0.3) is 0 Å². The standard InChI is InChI=1S/C22H25FN4O2/c1-14-15(2)25-29-22(14)18-13-26(3)24-21(18)19-6-4-5-11-27(19)20(28)12-16-7-9-17(23)10-8-16/h7-10,13,19H,4-6,11-12H2,1-3H3. The number of nitrogens with zero attached hydrogens (tertiary/aromatic N) is 4. The van der Waals surface area contributed by atoms with E-state index in [-0.39, 0.29) is 24.2 Å². The Bertz CT molecular complexity index is 1020. The summed E-state index contributed by atoms with van der Waals surface area (Å²) in [5.74, 6) is 0.443. The van der Waals surface area contributed by atoms with Crippen molar-refractivity contribution in [2.75, 3.05) is 6.54 Å². The summed E-state index contributed by atoms with van der Waals surface area (Å²) < 4.78 is 20.5. The number of aromatic nitrogens is 3. The van der Waals surface area contributed by atoms with Gasteiger partial charge in [-0.05, 0) is 50.8 Å². The third kappa shape index (κ3) is 3.81. The molecular weight excluding hydrogens is 371 g/mol. The second-order valence-electron chi connectivity index (χ2n) is 7.73. The van der Waals surface area contributed by atoms with Gasteiger partial charge in [0.05, 0.1) is 29.4 Å². The Hall–Kier alpha value is -2.96. The van der Waals surface area contributed by atoms with Crippen molar-refractivity contribution in [2.24, 2.45) is 7.05 Å². The van der Waals surface area contributed by atoms with Gasteiger partial charge in [0.15, 0.2) is 5.76 Å². The van der Waals surface area contributed by atoms with Crippen LogP contribution in [0.25, 0.3) is 11.3 Å². The van der Waals surface area contributed by atoms with Crippen molar-refractivity contribution in [2.45, 2.75) is 45.6 Å². The zero-order valence-electron chi connectivity index (χ0n) is 17.0. The van der Waals surface area contributed by atoms with E-state index in [4.69, 9.17) is 9.62 Å². The summed E-state index contributed by atoms with van der Waals surface area (Å²) in [5, 5.41) is 8.78. The van der Waals surface area contributed by atoms with Crippen LogP contribution in [0.15, 0.2) is 35.0 Å². The fourth-order valence-corrected chi connectivity index (χ4v) is 3.99. The minimum atomic E-state index is -0.298. The van der Waals surface area contributed by atoms with Crippen molar-refractivity contribution < 1.29 is 13.7 Å². The first-order chi connectivity index (χ1) is 13.9. The van der Waals surface area contributed by atoms with E-state index in [9.17, 15) is 9.18 Å². The number of carbonyl (C=O) groups excluding carboxylic acids is 1. The zero-order chi connectivity index (χ0) is 20.5. The Kier molecular flexibility index (Phi) is 5.22. The van der Waals surface area contributed by atoms with E-state index in [1.165, 1.54) is 12.1 Å². The van der Waals surface area contributed by atoms with Crippen molar-refractivity contribution in [1.29, 1.82) is 0 Å². The van der Waals surface area contributed by atoms with E-state index in [0.29, 0.717) is 12.3 Å². The molecule has 3 aromatic rings. The van der Waals surface area contributed by atoms with Gasteiger partial charge < -0.3 is 9.42 Å². The first kappa shape index (κ1) is 19.4. The van der Waals surface area contributed by atoms with Gasteiger partial charge in [0.2, 0.25) is 5.91 Å². The maximum absolute atomic E-state index is 13.2. The molecule has 3 heterocycles. The molecule has 0 bridgehead atoms. The Balaban J connectivity index is 1.65. The van der Waals surface area contributed by atoms with Gasteiger partial charge in [0.1, 0.15) is 5.82 Å². The quantitative estimate of drug-likeness (QED) is 0.665. The highest BCUT2D eigenvalue weighted by Crippen LogP contribution is 2.37. The highest BCUT2D eigenvalue weighted by molar-refractivity contribution is 5.80. The van der Waals surface area contributed by atoms with Crippen molar-refractivity contribution >= 4 is 5.91 Å². The van der Waals surface area contributed by atoms with Crippen LogP contribution in [0.3, 0.4) is 0 Å². The number of likely N-dealkylation sites (tertiary alicyclic amines) is 1. The Morgan fingerprint density at radius 3 is 2.69 bits per heavy atom. The smallest absolute Gasteiger partial charge is 0.227 e. The number of aryl methyl sites for hydroxylation is 2. The van der Waals surface area contributed by atoms with Gasteiger partial charge in [-0.1, -0.05) is 17.3 Å². The normalized spacial score (nSPS) is 17.0. The van der Waals surface area contributed by atoms with E-state index in [2.05, 4.69) is 5.16 Å². The minimum absolute atomic E-state index is 0.0309. The van der Waals surface area contributed by atoms with E-state index in [0.717, 1.165) is 47.3 Å². The predicted molar refractivity (Wildman–Crippen MR) is 107 cm³/mol. The lowest BCUT2D eigenvalue weighted by molar-refractivity contribution is -0.134. The molecule has 152 valence electrons. The van der Waals surface area contributed by atoms with Gasteiger partial charge in [0, 0.05) is 25.4 Å². The highest BCUT2D eigenvalue weighted by atomic mass is 19.1. The first-order valence-corrected chi connectivity index (χ1v) is 9.94. The molecule has 0 aliphatic carbocycles. The molecule has 1 amide bonds. The molecule has 1 unspecified atom stereocenters. The number of hydrogen-bond acceptors (Lipinski definition) is 4. The maximum atomic E-state index is 13.2. The van der Waals surface area contributed by atoms with Crippen LogP contribution in [0, 0.1) is 19.7 Å². The van der Waals surface area contributed by atoms with Gasteiger partial charge in [-0.3, -0.25) is 9.48 Å². The van der Waals surface area contributed by atoms with E-state index >= 15 is 0 Å². The molecule has 7 heteroatoms. The molecule has 1 aromatic carbocycles. The topological polar surface area (TPSA) is 64.2 Å². The molecule has 6 nitrogen and oxygen atoms in total. The summed E-state index contributed by atoms with van der Waals surface area (Å²) in [4.78, 5) is 15.0. The monoisotopic (exact) mass is 396 g/mol. The van der Waals surface area contributed by atoms with Gasteiger partial charge in [-0.2, -0.15) is 5.10 Å². The number of carbonyl (C=O) groups is 1. The average molecular weight is 396 g/mol. The summed E-state index contributed by atoms with van der Waals surface area (Å²) >= 11 is 0. The molecular formula is C22H25FN4O2. The second-order valence-corrected chi connectivity index (χ2v) is 7.73. The minimum Gasteiger partial charge on any atom is -0.356 e. The SMILES string of the molecule is Cc1noc(-c2cn(C)nc2C2CCCCN2C(=O)Cc2ccc(F)cc2)c1C. The summed E-state index contributed by atoms with van der Waals surface area (Å²) in [6.45, 7) is 4.59. The molecule has 1 aliphatic heterocycles. The Morgan fingerprint density at radius 1 is 1.24 bits per heavy atom. The lowest BCUT2D eigenvalue weighted by Crippen LogP contribution is -2.39. The van der Waals surface area contributed by atoms with Crippen molar-refractivity contribution in [1.82, 2.24) is 19.8 Å². The molecule has 0 spiro atoms. The molecule has 4 rings (SSSR count). The molecule has 1 aliphatic rings. The van der Waals surface area contributed by atoms with Crippen LogP contribution in [0.4, 0.5) is 4.39 Å². The molecule has 0 N–H and O–H groups in total. The zero-order valence-corrected chi connectivity index (χ0v) is 17.0. The van der Waals surface area contributed by atoms with E-state index in [1.807, 2.05) is 32.0 Å². The van der Waals surface area contributed by atoms with Crippen LogP contribution >= 0.6 is 0 Å². The molecule has 0 radical (unpaired) electrons. The first-order valence-electron chi connectivity index (χ1n) is 9.94. The van der Waals surface area contributed by atoms with Crippen molar-refractivity contribution in [3.05, 3.63) is 58.8 Å². The number of hydrogen-bond donors (Lipinski definition) is 0. The van der Waals surface area contributed by atoms with Crippen LogP contribution in [0.5, 0.6) is 0 Å². The molecule has 2 aromatic heterocycles. The average Bonchev–Trinajstić information content (AvgIpc) is 3.25. The van der Waals surface area contributed by atoms with E-state index in [1.54, 1.807) is 16.8 Å². The van der Waals surface area contributed by atoms with Crippen molar-refractivity contribution in [3.63, 3.8) is 0 Å². The Labute approximate surface area is 169 Å². The largest absolute Gasteiger partial charge is 0.356 e. The number of benzene rings is 1. The van der Waals surface area contributed by atoms with Crippen molar-refractivity contribution in [3.8, 4) is 11.3 Å². The third-order valence-electron chi connectivity index (χ3n) is 5.67. The molecule has 1 atom stereocenters. The number of amides is 1. The lowest BCUT2D eigenvalue weighted by Gasteiger charge is -2.35.